The molecule has 0 fully saturated rings. The molecule has 0 unspecified atom stereocenters. The predicted octanol–water partition coefficient (Wildman–Crippen LogP) is 2.66. The van der Waals surface area contributed by atoms with Gasteiger partial charge < -0.3 is 0 Å². The van der Waals surface area contributed by atoms with Gasteiger partial charge in [-0.2, -0.15) is 0 Å². The van der Waals surface area contributed by atoms with Gasteiger partial charge in [0.25, 0.3) is 0 Å². The van der Waals surface area contributed by atoms with E-state index in [1.807, 2.05) is 12.1 Å². The van der Waals surface area contributed by atoms with E-state index < -0.39 is 0 Å². The molecule has 0 aliphatic carbocycles. The van der Waals surface area contributed by atoms with E-state index in [9.17, 15) is 0 Å². The Morgan fingerprint density at radius 3 is 2.50 bits per heavy atom. The molecule has 0 nitrogen and oxygen atoms in total. The quantitative estimate of drug-likeness (QED) is 0.693. The molecule has 51 valence electrons. The van der Waals surface area contributed by atoms with Crippen LogP contribution in [-0.4, -0.2) is 22.5 Å². The number of rotatable bonds is 1. The van der Waals surface area contributed by atoms with Gasteiger partial charge in [-0.15, -0.1) is 0 Å². The molecule has 0 spiro atoms. The molecule has 3 heteroatoms. The zero-order chi connectivity index (χ0) is 7.56. The third-order valence-electron chi connectivity index (χ3n) is 1.21. The van der Waals surface area contributed by atoms with Gasteiger partial charge in [-0.25, -0.2) is 0 Å². The first-order valence-electron chi connectivity index (χ1n) is 2.82. The van der Waals surface area contributed by atoms with Crippen LogP contribution >= 0.6 is 23.2 Å². The fraction of sp³-hybridized carbons (Fsp3) is 0.143. The third kappa shape index (κ3) is 2.04. The van der Waals surface area contributed by atoms with Crippen molar-refractivity contribution in [2.75, 3.05) is 0 Å². The van der Waals surface area contributed by atoms with Crippen LogP contribution in [0.15, 0.2) is 18.2 Å². The fourth-order valence-corrected chi connectivity index (χ4v) is 2.34. The summed E-state index contributed by atoms with van der Waals surface area (Å²) in [6.45, 7) is 0. The second-order valence-electron chi connectivity index (χ2n) is 1.91. The Bertz CT molecular complexity index is 235. The molecular weight excluding hydrogens is 274 g/mol. The second-order valence-corrected chi connectivity index (χ2v) is 3.77. The maximum absolute atomic E-state index is 5.86. The van der Waals surface area contributed by atoms with Crippen molar-refractivity contribution in [1.29, 1.82) is 0 Å². The zero-order valence-electron chi connectivity index (χ0n) is 5.20. The van der Waals surface area contributed by atoms with E-state index in [-0.39, 0.29) is 0 Å². The van der Waals surface area contributed by atoms with E-state index in [0.29, 0.717) is 5.02 Å². The van der Waals surface area contributed by atoms with Crippen molar-refractivity contribution >= 4 is 45.7 Å². The molecule has 0 aromatic heterocycles. The summed E-state index contributed by atoms with van der Waals surface area (Å²) in [6.07, 6.45) is 0. The van der Waals surface area contributed by atoms with Crippen molar-refractivity contribution in [1.82, 2.24) is 0 Å². The zero-order valence-corrected chi connectivity index (χ0v) is 9.56. The van der Waals surface area contributed by atoms with Crippen molar-refractivity contribution < 1.29 is 0 Å². The molecule has 0 saturated carbocycles. The molecule has 0 heterocycles. The molecule has 0 N–H and O–H groups in total. The fourth-order valence-electron chi connectivity index (χ4n) is 0.665. The van der Waals surface area contributed by atoms with Crippen molar-refractivity contribution in [3.63, 3.8) is 0 Å². The molecule has 1 rings (SSSR count). The van der Waals surface area contributed by atoms with Crippen LogP contribution in [0.3, 0.4) is 0 Å². The Labute approximate surface area is 83.6 Å². The Balaban J connectivity index is 3.07. The molecule has 1 aromatic rings. The predicted molar refractivity (Wildman–Crippen MR) is 45.9 cm³/mol. The van der Waals surface area contributed by atoms with Gasteiger partial charge in [-0.3, -0.25) is 0 Å². The van der Waals surface area contributed by atoms with Gasteiger partial charge in [-0.1, -0.05) is 0 Å². The van der Waals surface area contributed by atoms with Gasteiger partial charge >= 0.3 is 84.0 Å². The Morgan fingerprint density at radius 1 is 1.30 bits per heavy atom. The van der Waals surface area contributed by atoms with E-state index in [1.54, 1.807) is 6.07 Å². The van der Waals surface area contributed by atoms with Gasteiger partial charge in [0.1, 0.15) is 0 Å². The topological polar surface area (TPSA) is 0 Å². The van der Waals surface area contributed by atoms with E-state index in [1.165, 1.54) is 28.1 Å². The summed E-state index contributed by atoms with van der Waals surface area (Å²) in [7, 11) is 0. The normalized spacial score (nSPS) is 9.90. The molecular formula is C7H5Cl2Sn. The summed E-state index contributed by atoms with van der Waals surface area (Å²) < 4.78 is 1.04. The molecule has 0 aliphatic heterocycles. The Hall–Kier alpha value is 0.599. The summed E-state index contributed by atoms with van der Waals surface area (Å²) in [5, 5.41) is 1.49. The molecule has 0 bridgehead atoms. The van der Waals surface area contributed by atoms with Crippen molar-refractivity contribution in [2.45, 2.75) is 4.44 Å². The summed E-state index contributed by atoms with van der Waals surface area (Å²) in [5.41, 5.74) is 1.18. The van der Waals surface area contributed by atoms with Gasteiger partial charge in [0.15, 0.2) is 0 Å². The van der Waals surface area contributed by atoms with Gasteiger partial charge in [-0.05, 0) is 0 Å². The van der Waals surface area contributed by atoms with E-state index in [4.69, 9.17) is 23.2 Å². The average molecular weight is 279 g/mol. The first-order valence-corrected chi connectivity index (χ1v) is 5.60. The number of benzene rings is 1. The van der Waals surface area contributed by atoms with Crippen LogP contribution in [0.1, 0.15) is 5.56 Å². The average Bonchev–Trinajstić information content (AvgIpc) is 1.88. The minimum atomic E-state index is 0.706. The molecule has 3 radical (unpaired) electrons. The summed E-state index contributed by atoms with van der Waals surface area (Å²) in [4.78, 5) is 0. The van der Waals surface area contributed by atoms with Gasteiger partial charge in [0.05, 0.1) is 0 Å². The van der Waals surface area contributed by atoms with E-state index in [0.717, 1.165) is 9.46 Å². The molecule has 0 amide bonds. The molecule has 0 atom stereocenters. The molecule has 1 aromatic carbocycles. The van der Waals surface area contributed by atoms with Crippen LogP contribution in [0.5, 0.6) is 0 Å². The number of halogens is 2. The van der Waals surface area contributed by atoms with Gasteiger partial charge in [0.2, 0.25) is 0 Å². The first-order chi connectivity index (χ1) is 4.74. The maximum atomic E-state index is 5.86. The van der Waals surface area contributed by atoms with Crippen LogP contribution in [0.25, 0.3) is 0 Å². The monoisotopic (exact) mass is 279 g/mol. The van der Waals surface area contributed by atoms with Crippen molar-refractivity contribution in [3.05, 3.63) is 33.8 Å². The van der Waals surface area contributed by atoms with Crippen molar-refractivity contribution in [3.8, 4) is 0 Å². The van der Waals surface area contributed by atoms with Crippen LogP contribution in [0.4, 0.5) is 0 Å². The van der Waals surface area contributed by atoms with E-state index >= 15 is 0 Å². The van der Waals surface area contributed by atoms with E-state index in [2.05, 4.69) is 0 Å². The standard InChI is InChI=1S/C7H5Cl2.Sn/c1-5-2-3-6(8)4-7(5)9;/h2-4H,1H2;. The second kappa shape index (κ2) is 3.84. The third-order valence-corrected chi connectivity index (χ3v) is 2.88. The van der Waals surface area contributed by atoms with Crippen LogP contribution in [0.2, 0.25) is 10.0 Å². The summed E-state index contributed by atoms with van der Waals surface area (Å²) in [6, 6.07) is 5.62. The number of hydrogen-bond acceptors (Lipinski definition) is 0. The molecule has 10 heavy (non-hydrogen) atoms. The van der Waals surface area contributed by atoms with Crippen LogP contribution in [0, 0.1) is 0 Å². The molecule has 0 saturated heterocycles. The van der Waals surface area contributed by atoms with Crippen LogP contribution < -0.4 is 0 Å². The number of hydrogen-bond donors (Lipinski definition) is 0. The molecule has 0 aliphatic rings. The van der Waals surface area contributed by atoms with Crippen molar-refractivity contribution in [2.24, 2.45) is 0 Å². The SMILES string of the molecule is Clc1ccc([CH2][Sn])c(Cl)c1. The first kappa shape index (κ1) is 8.69. The van der Waals surface area contributed by atoms with Crippen LogP contribution in [-0.2, 0) is 4.44 Å². The summed E-state index contributed by atoms with van der Waals surface area (Å²) >= 11 is 13.0. The summed E-state index contributed by atoms with van der Waals surface area (Å²) in [5.74, 6) is 0. The Kier molecular flexibility index (Phi) is 3.34. The van der Waals surface area contributed by atoms with Gasteiger partial charge in [0, 0.05) is 0 Å². The Morgan fingerprint density at radius 2 is 2.00 bits per heavy atom. The minimum absolute atomic E-state index is 0.706.